The normalized spacial score (nSPS) is 24.0. The highest BCUT2D eigenvalue weighted by atomic mass is 32.1. The largest absolute Gasteiger partial charge is 0.483 e. The SMILES string of the molecule is CN(C)c1ccc2c(C(=O)C[C@@H]3CN4CCC3CC4)nsc2c1.O=CO. The number of fused-ring (bicyclic) bond motifs is 4. The molecule has 26 heavy (non-hydrogen) atoms. The standard InChI is InChI=1S/C18H23N3OS.CH2O2/c1-20(2)14-3-4-15-17(10-14)23-19-18(15)16(22)9-13-11-21-7-5-12(13)6-8-21;2-1-3/h3-4,10,12-13H,5-9,11H2,1-2H3;1H,(H,2,3)/t13-;/m1./s1. The number of carbonyl (C=O) groups excluding carboxylic acids is 1. The van der Waals surface area contributed by atoms with Crippen molar-refractivity contribution in [2.45, 2.75) is 19.3 Å². The van der Waals surface area contributed by atoms with Gasteiger partial charge in [-0.05, 0) is 67.5 Å². The first-order valence-corrected chi connectivity index (χ1v) is 9.71. The summed E-state index contributed by atoms with van der Waals surface area (Å²) in [5.74, 6) is 1.50. The second-order valence-corrected chi connectivity index (χ2v) is 8.04. The van der Waals surface area contributed by atoms with Crippen molar-refractivity contribution >= 4 is 39.6 Å². The Morgan fingerprint density at radius 1 is 1.38 bits per heavy atom. The fraction of sp³-hybridized carbons (Fsp3) is 0.526. The second kappa shape index (κ2) is 8.14. The topological polar surface area (TPSA) is 73.7 Å². The molecule has 2 bridgehead atoms. The van der Waals surface area contributed by atoms with Crippen molar-refractivity contribution in [3.8, 4) is 0 Å². The number of carbonyl (C=O) groups is 2. The van der Waals surface area contributed by atoms with Crippen molar-refractivity contribution in [1.82, 2.24) is 9.27 Å². The molecule has 3 fully saturated rings. The van der Waals surface area contributed by atoms with E-state index in [4.69, 9.17) is 9.90 Å². The summed E-state index contributed by atoms with van der Waals surface area (Å²) in [7, 11) is 4.06. The third-order valence-electron chi connectivity index (χ3n) is 5.48. The molecule has 2 aromatic rings. The molecule has 0 unspecified atom stereocenters. The number of rotatable bonds is 4. The summed E-state index contributed by atoms with van der Waals surface area (Å²) in [5.41, 5.74) is 1.84. The molecule has 140 valence electrons. The molecule has 1 N–H and O–H groups in total. The van der Waals surface area contributed by atoms with Gasteiger partial charge in [-0.1, -0.05) is 0 Å². The number of hydrogen-bond donors (Lipinski definition) is 1. The Labute approximate surface area is 157 Å². The van der Waals surface area contributed by atoms with Gasteiger partial charge in [0.1, 0.15) is 5.69 Å². The minimum atomic E-state index is -0.250. The van der Waals surface area contributed by atoms with E-state index in [1.165, 1.54) is 37.5 Å². The van der Waals surface area contributed by atoms with Gasteiger partial charge in [-0.25, -0.2) is 0 Å². The first-order chi connectivity index (χ1) is 12.5. The Hall–Kier alpha value is -1.99. The van der Waals surface area contributed by atoms with Gasteiger partial charge in [0.25, 0.3) is 6.47 Å². The number of nitrogens with zero attached hydrogens (tertiary/aromatic N) is 3. The average molecular weight is 375 g/mol. The van der Waals surface area contributed by atoms with Crippen molar-refractivity contribution in [2.75, 3.05) is 38.6 Å². The van der Waals surface area contributed by atoms with Crippen LogP contribution in [-0.4, -0.2) is 60.4 Å². The number of benzene rings is 1. The van der Waals surface area contributed by atoms with Crippen LogP contribution in [0, 0.1) is 11.8 Å². The molecule has 3 saturated heterocycles. The van der Waals surface area contributed by atoms with E-state index in [0.29, 0.717) is 18.0 Å². The number of anilines is 1. The molecular formula is C19H25N3O3S. The number of carboxylic acid groups (broad SMARTS) is 1. The van der Waals surface area contributed by atoms with Crippen LogP contribution in [-0.2, 0) is 4.79 Å². The summed E-state index contributed by atoms with van der Waals surface area (Å²) in [6.07, 6.45) is 3.19. The first kappa shape index (κ1) is 18.8. The molecule has 7 heteroatoms. The van der Waals surface area contributed by atoms with Gasteiger partial charge in [-0.15, -0.1) is 0 Å². The molecule has 0 saturated carbocycles. The number of hydrogen-bond acceptors (Lipinski definition) is 6. The lowest BCUT2D eigenvalue weighted by atomic mass is 9.76. The summed E-state index contributed by atoms with van der Waals surface area (Å²) in [5, 5.41) is 7.91. The second-order valence-electron chi connectivity index (χ2n) is 7.24. The lowest BCUT2D eigenvalue weighted by Gasteiger charge is -2.44. The predicted octanol–water partition coefficient (Wildman–Crippen LogP) is 2.98. The summed E-state index contributed by atoms with van der Waals surface area (Å²) in [6, 6.07) is 6.25. The number of aromatic nitrogens is 1. The average Bonchev–Trinajstić information content (AvgIpc) is 3.06. The number of piperidine rings is 3. The molecule has 0 radical (unpaired) electrons. The van der Waals surface area contributed by atoms with Crippen LogP contribution in [0.1, 0.15) is 29.8 Å². The van der Waals surface area contributed by atoms with Gasteiger partial charge in [-0.2, -0.15) is 4.37 Å². The smallest absolute Gasteiger partial charge is 0.290 e. The third kappa shape index (κ3) is 3.88. The van der Waals surface area contributed by atoms with E-state index in [2.05, 4.69) is 32.4 Å². The Morgan fingerprint density at radius 2 is 2.08 bits per heavy atom. The molecule has 1 atom stereocenters. The van der Waals surface area contributed by atoms with Crippen LogP contribution in [0.25, 0.3) is 10.1 Å². The molecule has 0 spiro atoms. The first-order valence-electron chi connectivity index (χ1n) is 8.93. The van der Waals surface area contributed by atoms with Crippen LogP contribution in [0.3, 0.4) is 0 Å². The van der Waals surface area contributed by atoms with Crippen LogP contribution in [0.15, 0.2) is 18.2 Å². The highest BCUT2D eigenvalue weighted by Crippen LogP contribution is 2.36. The summed E-state index contributed by atoms with van der Waals surface area (Å²) in [6.45, 7) is 3.30. The zero-order valence-electron chi connectivity index (χ0n) is 15.2. The van der Waals surface area contributed by atoms with Gasteiger partial charge in [0.2, 0.25) is 0 Å². The molecule has 1 aromatic carbocycles. The van der Waals surface area contributed by atoms with Gasteiger partial charge < -0.3 is 14.9 Å². The van der Waals surface area contributed by atoms with Crippen LogP contribution < -0.4 is 4.90 Å². The monoisotopic (exact) mass is 375 g/mol. The zero-order chi connectivity index (χ0) is 18.7. The van der Waals surface area contributed by atoms with E-state index in [-0.39, 0.29) is 12.3 Å². The van der Waals surface area contributed by atoms with Gasteiger partial charge in [0, 0.05) is 38.1 Å². The Balaban J connectivity index is 0.000000613. The van der Waals surface area contributed by atoms with Gasteiger partial charge >= 0.3 is 0 Å². The van der Waals surface area contributed by atoms with Crippen LogP contribution in [0.2, 0.25) is 0 Å². The maximum atomic E-state index is 12.8. The molecule has 5 rings (SSSR count). The minimum absolute atomic E-state index is 0.229. The fourth-order valence-corrected chi connectivity index (χ4v) is 4.89. The van der Waals surface area contributed by atoms with Crippen molar-refractivity contribution in [3.63, 3.8) is 0 Å². The Bertz CT molecular complexity index is 781. The summed E-state index contributed by atoms with van der Waals surface area (Å²) >= 11 is 1.44. The highest BCUT2D eigenvalue weighted by molar-refractivity contribution is 7.13. The molecule has 0 aliphatic carbocycles. The van der Waals surface area contributed by atoms with Crippen LogP contribution >= 0.6 is 11.5 Å². The lowest BCUT2D eigenvalue weighted by Crippen LogP contribution is -2.47. The highest BCUT2D eigenvalue weighted by Gasteiger charge is 2.35. The van der Waals surface area contributed by atoms with E-state index < -0.39 is 0 Å². The van der Waals surface area contributed by atoms with Gasteiger partial charge in [0.15, 0.2) is 5.78 Å². The molecule has 0 amide bonds. The lowest BCUT2D eigenvalue weighted by molar-refractivity contribution is -0.122. The number of Topliss-reactive ketones (excluding diaryl/α,β-unsaturated/α-hetero) is 1. The fourth-order valence-electron chi connectivity index (χ4n) is 4.06. The van der Waals surface area contributed by atoms with E-state index in [0.717, 1.165) is 28.2 Å². The van der Waals surface area contributed by atoms with Crippen LogP contribution in [0.4, 0.5) is 5.69 Å². The van der Waals surface area contributed by atoms with Crippen molar-refractivity contribution in [1.29, 1.82) is 0 Å². The Kier molecular flexibility index (Phi) is 5.88. The quantitative estimate of drug-likeness (QED) is 0.654. The molecule has 4 heterocycles. The molecule has 3 aliphatic rings. The summed E-state index contributed by atoms with van der Waals surface area (Å²) < 4.78 is 5.59. The van der Waals surface area contributed by atoms with Gasteiger partial charge in [-0.3, -0.25) is 9.59 Å². The van der Waals surface area contributed by atoms with E-state index in [1.54, 1.807) is 0 Å². The number of ketones is 1. The maximum absolute atomic E-state index is 12.8. The molecule has 6 nitrogen and oxygen atoms in total. The third-order valence-corrected chi connectivity index (χ3v) is 6.28. The Morgan fingerprint density at radius 3 is 2.65 bits per heavy atom. The van der Waals surface area contributed by atoms with Crippen molar-refractivity contribution < 1.29 is 14.7 Å². The van der Waals surface area contributed by atoms with Crippen LogP contribution in [0.5, 0.6) is 0 Å². The predicted molar refractivity (Wildman–Crippen MR) is 104 cm³/mol. The van der Waals surface area contributed by atoms with Crippen molar-refractivity contribution in [3.05, 3.63) is 23.9 Å². The van der Waals surface area contributed by atoms with E-state index in [9.17, 15) is 4.79 Å². The van der Waals surface area contributed by atoms with E-state index in [1.807, 2.05) is 14.1 Å². The van der Waals surface area contributed by atoms with Gasteiger partial charge in [0.05, 0.1) is 4.70 Å². The van der Waals surface area contributed by atoms with Crippen molar-refractivity contribution in [2.24, 2.45) is 11.8 Å². The molecule has 3 aliphatic heterocycles. The molecular weight excluding hydrogens is 350 g/mol. The van der Waals surface area contributed by atoms with E-state index >= 15 is 0 Å². The molecule has 1 aromatic heterocycles. The zero-order valence-corrected chi connectivity index (χ0v) is 16.0. The minimum Gasteiger partial charge on any atom is -0.483 e. The summed E-state index contributed by atoms with van der Waals surface area (Å²) in [4.78, 5) is 25.8. The maximum Gasteiger partial charge on any atom is 0.290 e.